The molecule has 3 unspecified atom stereocenters. The fourth-order valence-corrected chi connectivity index (χ4v) is 3.73. The molecule has 2 aliphatic rings. The summed E-state index contributed by atoms with van der Waals surface area (Å²) in [6, 6.07) is 0.686. The quantitative estimate of drug-likeness (QED) is 0.814. The molecule has 0 spiro atoms. The Morgan fingerprint density at radius 1 is 1.06 bits per heavy atom. The Kier molecular flexibility index (Phi) is 5.30. The zero-order chi connectivity index (χ0) is 12.1. The van der Waals surface area contributed by atoms with E-state index in [1.807, 2.05) is 0 Å². The van der Waals surface area contributed by atoms with Crippen molar-refractivity contribution in [3.05, 3.63) is 0 Å². The third kappa shape index (κ3) is 3.45. The Bertz CT molecular complexity index is 219. The Morgan fingerprint density at radius 3 is 2.59 bits per heavy atom. The average Bonchev–Trinajstić information content (AvgIpc) is 2.37. The summed E-state index contributed by atoms with van der Waals surface area (Å²) >= 11 is 0. The Labute approximate surface area is 106 Å². The van der Waals surface area contributed by atoms with Gasteiger partial charge in [0.2, 0.25) is 0 Å². The van der Waals surface area contributed by atoms with Crippen molar-refractivity contribution >= 4 is 0 Å². The van der Waals surface area contributed by atoms with Gasteiger partial charge in [0.1, 0.15) is 0 Å². The Balaban J connectivity index is 1.94. The van der Waals surface area contributed by atoms with Crippen LogP contribution in [0.15, 0.2) is 0 Å². The van der Waals surface area contributed by atoms with Crippen molar-refractivity contribution < 1.29 is 5.11 Å². The minimum Gasteiger partial charge on any atom is -0.393 e. The maximum Gasteiger partial charge on any atom is 0.0583 e. The standard InChI is InChI=1S/C15H29NO/c1-2-3-11-16-12-7-6-9-14(16)13-8-4-5-10-15(13)17/h13-15,17H,2-12H2,1H3. The molecule has 17 heavy (non-hydrogen) atoms. The van der Waals surface area contributed by atoms with E-state index in [0.29, 0.717) is 12.0 Å². The van der Waals surface area contributed by atoms with Gasteiger partial charge in [-0.3, -0.25) is 0 Å². The summed E-state index contributed by atoms with van der Waals surface area (Å²) in [5.41, 5.74) is 0. The lowest BCUT2D eigenvalue weighted by Gasteiger charge is -2.43. The van der Waals surface area contributed by atoms with Crippen LogP contribution in [0.1, 0.15) is 64.7 Å². The normalized spacial score (nSPS) is 36.0. The highest BCUT2D eigenvalue weighted by atomic mass is 16.3. The van der Waals surface area contributed by atoms with E-state index in [1.54, 1.807) is 0 Å². The summed E-state index contributed by atoms with van der Waals surface area (Å²) in [6.07, 6.45) is 11.5. The minimum atomic E-state index is -0.0176. The van der Waals surface area contributed by atoms with Gasteiger partial charge in [0.15, 0.2) is 0 Å². The van der Waals surface area contributed by atoms with Gasteiger partial charge in [0.25, 0.3) is 0 Å². The number of likely N-dealkylation sites (tertiary alicyclic amines) is 1. The summed E-state index contributed by atoms with van der Waals surface area (Å²) in [6.45, 7) is 4.80. The maximum absolute atomic E-state index is 10.2. The van der Waals surface area contributed by atoms with Crippen LogP contribution in [0.3, 0.4) is 0 Å². The van der Waals surface area contributed by atoms with Crippen LogP contribution in [-0.2, 0) is 0 Å². The molecule has 0 aromatic heterocycles. The largest absolute Gasteiger partial charge is 0.393 e. The molecule has 1 aliphatic heterocycles. The molecular formula is C15H29NO. The summed E-state index contributed by atoms with van der Waals surface area (Å²) < 4.78 is 0. The molecule has 1 N–H and O–H groups in total. The summed E-state index contributed by atoms with van der Waals surface area (Å²) in [4.78, 5) is 2.69. The van der Waals surface area contributed by atoms with Crippen LogP contribution in [0.4, 0.5) is 0 Å². The molecule has 2 nitrogen and oxygen atoms in total. The predicted molar refractivity (Wildman–Crippen MR) is 72.1 cm³/mol. The van der Waals surface area contributed by atoms with E-state index in [-0.39, 0.29) is 6.10 Å². The van der Waals surface area contributed by atoms with Gasteiger partial charge in [0.05, 0.1) is 6.10 Å². The van der Waals surface area contributed by atoms with Gasteiger partial charge in [0, 0.05) is 12.0 Å². The number of aliphatic hydroxyl groups is 1. The maximum atomic E-state index is 10.2. The first-order valence-corrected chi connectivity index (χ1v) is 7.75. The molecule has 0 aromatic carbocycles. The molecule has 1 saturated heterocycles. The second-order valence-corrected chi connectivity index (χ2v) is 5.97. The van der Waals surface area contributed by atoms with Crippen molar-refractivity contribution in [1.29, 1.82) is 0 Å². The van der Waals surface area contributed by atoms with Crippen LogP contribution >= 0.6 is 0 Å². The van der Waals surface area contributed by atoms with E-state index in [0.717, 1.165) is 6.42 Å². The molecule has 1 heterocycles. The third-order valence-electron chi connectivity index (χ3n) is 4.74. The van der Waals surface area contributed by atoms with Gasteiger partial charge >= 0.3 is 0 Å². The van der Waals surface area contributed by atoms with Gasteiger partial charge in [-0.05, 0) is 45.2 Å². The molecule has 0 bridgehead atoms. The number of nitrogens with zero attached hydrogens (tertiary/aromatic N) is 1. The highest BCUT2D eigenvalue weighted by molar-refractivity contribution is 4.88. The molecule has 100 valence electrons. The van der Waals surface area contributed by atoms with Crippen molar-refractivity contribution in [2.24, 2.45) is 5.92 Å². The summed E-state index contributed by atoms with van der Waals surface area (Å²) in [7, 11) is 0. The van der Waals surface area contributed by atoms with E-state index in [9.17, 15) is 5.11 Å². The number of piperidine rings is 1. The van der Waals surface area contributed by atoms with Gasteiger partial charge in [-0.25, -0.2) is 0 Å². The number of unbranched alkanes of at least 4 members (excludes halogenated alkanes) is 1. The Morgan fingerprint density at radius 2 is 1.82 bits per heavy atom. The van der Waals surface area contributed by atoms with Crippen LogP contribution in [0.2, 0.25) is 0 Å². The van der Waals surface area contributed by atoms with E-state index in [2.05, 4.69) is 11.8 Å². The monoisotopic (exact) mass is 239 g/mol. The lowest BCUT2D eigenvalue weighted by atomic mass is 9.78. The zero-order valence-corrected chi connectivity index (χ0v) is 11.4. The molecule has 1 aliphatic carbocycles. The first-order chi connectivity index (χ1) is 8.33. The van der Waals surface area contributed by atoms with Gasteiger partial charge < -0.3 is 10.0 Å². The van der Waals surface area contributed by atoms with E-state index < -0.39 is 0 Å². The first-order valence-electron chi connectivity index (χ1n) is 7.75. The number of rotatable bonds is 4. The second-order valence-electron chi connectivity index (χ2n) is 5.97. The van der Waals surface area contributed by atoms with E-state index in [4.69, 9.17) is 0 Å². The van der Waals surface area contributed by atoms with Gasteiger partial charge in [-0.15, -0.1) is 0 Å². The van der Waals surface area contributed by atoms with E-state index >= 15 is 0 Å². The smallest absolute Gasteiger partial charge is 0.0583 e. The van der Waals surface area contributed by atoms with Crippen molar-refractivity contribution in [3.8, 4) is 0 Å². The van der Waals surface area contributed by atoms with Crippen molar-refractivity contribution in [3.63, 3.8) is 0 Å². The molecule has 0 radical (unpaired) electrons. The van der Waals surface area contributed by atoms with Crippen LogP contribution in [0.25, 0.3) is 0 Å². The van der Waals surface area contributed by atoms with Crippen molar-refractivity contribution in [1.82, 2.24) is 4.90 Å². The Hall–Kier alpha value is -0.0800. The molecule has 2 heteroatoms. The fourth-order valence-electron chi connectivity index (χ4n) is 3.73. The highest BCUT2D eigenvalue weighted by Crippen LogP contribution is 2.34. The van der Waals surface area contributed by atoms with Crippen LogP contribution < -0.4 is 0 Å². The van der Waals surface area contributed by atoms with Crippen molar-refractivity contribution in [2.45, 2.75) is 76.9 Å². The molecule has 2 fully saturated rings. The zero-order valence-electron chi connectivity index (χ0n) is 11.4. The summed E-state index contributed by atoms with van der Waals surface area (Å²) in [5, 5.41) is 10.2. The SMILES string of the molecule is CCCCN1CCCCC1C1CCCCC1O. The number of hydrogen-bond donors (Lipinski definition) is 1. The van der Waals surface area contributed by atoms with Gasteiger partial charge in [-0.1, -0.05) is 32.6 Å². The molecule has 3 atom stereocenters. The summed E-state index contributed by atoms with van der Waals surface area (Å²) in [5.74, 6) is 0.570. The molecule has 2 rings (SSSR count). The lowest BCUT2D eigenvalue weighted by molar-refractivity contribution is -0.00586. The molecule has 0 aromatic rings. The predicted octanol–water partition coefficient (Wildman–Crippen LogP) is 3.19. The van der Waals surface area contributed by atoms with Crippen LogP contribution in [-0.4, -0.2) is 35.2 Å². The van der Waals surface area contributed by atoms with Crippen LogP contribution in [0.5, 0.6) is 0 Å². The van der Waals surface area contributed by atoms with Crippen LogP contribution in [0, 0.1) is 5.92 Å². The number of hydrogen-bond acceptors (Lipinski definition) is 2. The second kappa shape index (κ2) is 6.75. The molecule has 0 amide bonds. The first kappa shape index (κ1) is 13.4. The highest BCUT2D eigenvalue weighted by Gasteiger charge is 2.34. The van der Waals surface area contributed by atoms with Gasteiger partial charge in [-0.2, -0.15) is 0 Å². The van der Waals surface area contributed by atoms with Crippen molar-refractivity contribution in [2.75, 3.05) is 13.1 Å². The van der Waals surface area contributed by atoms with E-state index in [1.165, 1.54) is 64.5 Å². The average molecular weight is 239 g/mol. The fraction of sp³-hybridized carbons (Fsp3) is 1.00. The number of aliphatic hydroxyl groups excluding tert-OH is 1. The third-order valence-corrected chi connectivity index (χ3v) is 4.74. The topological polar surface area (TPSA) is 23.5 Å². The molecular weight excluding hydrogens is 210 g/mol. The molecule has 1 saturated carbocycles. The lowest BCUT2D eigenvalue weighted by Crippen LogP contribution is -2.48. The minimum absolute atomic E-state index is 0.0176.